The van der Waals surface area contributed by atoms with Crippen molar-refractivity contribution >= 4 is 5.91 Å². The second-order valence-electron chi connectivity index (χ2n) is 5.22. The summed E-state index contributed by atoms with van der Waals surface area (Å²) in [5.41, 5.74) is 2.23. The van der Waals surface area contributed by atoms with E-state index in [1.807, 2.05) is 32.0 Å². The molecule has 0 radical (unpaired) electrons. The van der Waals surface area contributed by atoms with Crippen molar-refractivity contribution in [2.45, 2.75) is 38.7 Å². The highest BCUT2D eigenvalue weighted by atomic mass is 16.3. The Labute approximate surface area is 108 Å². The van der Waals surface area contributed by atoms with Gasteiger partial charge < -0.3 is 10.0 Å². The standard InChI is InChI=1S/C15H21NO2/c1-11-5-3-6-13(9-11)12(2)15(18)16-8-4-7-14(17)10-16/h3,5-6,9,12,14,17H,4,7-8,10H2,1-2H3. The van der Waals surface area contributed by atoms with Gasteiger partial charge in [0.15, 0.2) is 0 Å². The van der Waals surface area contributed by atoms with Gasteiger partial charge >= 0.3 is 0 Å². The van der Waals surface area contributed by atoms with Crippen LogP contribution < -0.4 is 0 Å². The first-order valence-corrected chi connectivity index (χ1v) is 6.61. The fourth-order valence-corrected chi connectivity index (χ4v) is 2.51. The van der Waals surface area contributed by atoms with Crippen LogP contribution in [-0.4, -0.2) is 35.1 Å². The van der Waals surface area contributed by atoms with E-state index in [0.717, 1.165) is 24.9 Å². The summed E-state index contributed by atoms with van der Waals surface area (Å²) in [5, 5.41) is 9.63. The third-order valence-corrected chi connectivity index (χ3v) is 3.62. The van der Waals surface area contributed by atoms with Gasteiger partial charge in [0, 0.05) is 13.1 Å². The number of aliphatic hydroxyl groups excluding tert-OH is 1. The molecule has 1 aliphatic rings. The molecule has 1 saturated heterocycles. The van der Waals surface area contributed by atoms with Gasteiger partial charge in [0.2, 0.25) is 5.91 Å². The minimum Gasteiger partial charge on any atom is -0.391 e. The summed E-state index contributed by atoms with van der Waals surface area (Å²) in [6.45, 7) is 5.23. The predicted molar refractivity (Wildman–Crippen MR) is 71.4 cm³/mol. The molecule has 2 rings (SSSR count). The Morgan fingerprint density at radius 2 is 2.28 bits per heavy atom. The zero-order valence-electron chi connectivity index (χ0n) is 11.1. The second-order valence-corrected chi connectivity index (χ2v) is 5.22. The van der Waals surface area contributed by atoms with Crippen molar-refractivity contribution in [1.82, 2.24) is 4.90 Å². The summed E-state index contributed by atoms with van der Waals surface area (Å²) in [6, 6.07) is 8.07. The summed E-state index contributed by atoms with van der Waals surface area (Å²) in [4.78, 5) is 14.2. The molecule has 18 heavy (non-hydrogen) atoms. The lowest BCUT2D eigenvalue weighted by atomic mass is 9.96. The maximum Gasteiger partial charge on any atom is 0.229 e. The monoisotopic (exact) mass is 247 g/mol. The molecule has 1 aromatic rings. The summed E-state index contributed by atoms with van der Waals surface area (Å²) in [7, 11) is 0. The highest BCUT2D eigenvalue weighted by molar-refractivity contribution is 5.83. The van der Waals surface area contributed by atoms with E-state index in [1.165, 1.54) is 5.56 Å². The van der Waals surface area contributed by atoms with Crippen LogP contribution in [0.2, 0.25) is 0 Å². The Balaban J connectivity index is 2.08. The van der Waals surface area contributed by atoms with Crippen molar-refractivity contribution in [3.63, 3.8) is 0 Å². The van der Waals surface area contributed by atoms with Crippen LogP contribution in [0.15, 0.2) is 24.3 Å². The summed E-state index contributed by atoms with van der Waals surface area (Å²) in [5.74, 6) is -0.00505. The van der Waals surface area contributed by atoms with Crippen molar-refractivity contribution in [2.24, 2.45) is 0 Å². The zero-order chi connectivity index (χ0) is 13.1. The van der Waals surface area contributed by atoms with Crippen LogP contribution in [-0.2, 0) is 4.79 Å². The Morgan fingerprint density at radius 3 is 2.94 bits per heavy atom. The summed E-state index contributed by atoms with van der Waals surface area (Å²) >= 11 is 0. The first-order chi connectivity index (χ1) is 8.58. The number of aryl methyl sites for hydroxylation is 1. The number of benzene rings is 1. The van der Waals surface area contributed by atoms with Crippen LogP contribution in [0, 0.1) is 6.92 Å². The SMILES string of the molecule is Cc1cccc(C(C)C(=O)N2CCCC(O)C2)c1. The predicted octanol–water partition coefficient (Wildman–Crippen LogP) is 2.08. The van der Waals surface area contributed by atoms with Crippen LogP contribution >= 0.6 is 0 Å². The molecule has 0 aliphatic carbocycles. The third kappa shape index (κ3) is 2.91. The van der Waals surface area contributed by atoms with Crippen molar-refractivity contribution in [1.29, 1.82) is 0 Å². The first-order valence-electron chi connectivity index (χ1n) is 6.61. The van der Waals surface area contributed by atoms with Crippen molar-refractivity contribution < 1.29 is 9.90 Å². The molecule has 0 aromatic heterocycles. The number of carbonyl (C=O) groups is 1. The molecule has 1 heterocycles. The quantitative estimate of drug-likeness (QED) is 0.869. The minimum atomic E-state index is -0.354. The van der Waals surface area contributed by atoms with E-state index in [9.17, 15) is 9.90 Å². The van der Waals surface area contributed by atoms with Gasteiger partial charge in [-0.3, -0.25) is 4.79 Å². The molecule has 0 spiro atoms. The lowest BCUT2D eigenvalue weighted by molar-refractivity contribution is -0.135. The maximum atomic E-state index is 12.4. The van der Waals surface area contributed by atoms with Crippen molar-refractivity contribution in [3.05, 3.63) is 35.4 Å². The molecular formula is C15H21NO2. The number of amides is 1. The molecule has 1 aromatic carbocycles. The van der Waals surface area contributed by atoms with E-state index in [0.29, 0.717) is 6.54 Å². The Kier molecular flexibility index (Phi) is 4.02. The van der Waals surface area contributed by atoms with Gasteiger partial charge in [-0.15, -0.1) is 0 Å². The number of hydrogen-bond acceptors (Lipinski definition) is 2. The molecule has 3 nitrogen and oxygen atoms in total. The molecule has 1 amide bonds. The molecule has 1 N–H and O–H groups in total. The number of β-amino-alcohol motifs (C(OH)–C–C–N with tert-alkyl or cyclic N) is 1. The lowest BCUT2D eigenvalue weighted by Gasteiger charge is -2.32. The van der Waals surface area contributed by atoms with E-state index in [2.05, 4.69) is 6.07 Å². The second kappa shape index (κ2) is 5.53. The van der Waals surface area contributed by atoms with Gasteiger partial charge in [-0.2, -0.15) is 0 Å². The Hall–Kier alpha value is -1.35. The van der Waals surface area contributed by atoms with Crippen LogP contribution in [0.3, 0.4) is 0 Å². The smallest absolute Gasteiger partial charge is 0.229 e. The molecule has 0 bridgehead atoms. The van der Waals surface area contributed by atoms with E-state index >= 15 is 0 Å². The molecule has 2 unspecified atom stereocenters. The van der Waals surface area contributed by atoms with E-state index in [-0.39, 0.29) is 17.9 Å². The summed E-state index contributed by atoms with van der Waals surface area (Å²) < 4.78 is 0. The average Bonchev–Trinajstić information content (AvgIpc) is 2.37. The number of aliphatic hydroxyl groups is 1. The van der Waals surface area contributed by atoms with Gasteiger partial charge in [-0.1, -0.05) is 29.8 Å². The normalized spacial score (nSPS) is 21.7. The lowest BCUT2D eigenvalue weighted by Crippen LogP contribution is -2.43. The van der Waals surface area contributed by atoms with Gasteiger partial charge in [0.1, 0.15) is 0 Å². The summed E-state index contributed by atoms with van der Waals surface area (Å²) in [6.07, 6.45) is 1.35. The van der Waals surface area contributed by atoms with E-state index in [4.69, 9.17) is 0 Å². The largest absolute Gasteiger partial charge is 0.391 e. The topological polar surface area (TPSA) is 40.5 Å². The van der Waals surface area contributed by atoms with Crippen LogP contribution in [0.5, 0.6) is 0 Å². The van der Waals surface area contributed by atoms with Gasteiger partial charge in [0.25, 0.3) is 0 Å². The maximum absolute atomic E-state index is 12.4. The Morgan fingerprint density at radius 1 is 1.50 bits per heavy atom. The minimum absolute atomic E-state index is 0.124. The molecule has 2 atom stereocenters. The molecular weight excluding hydrogens is 226 g/mol. The fourth-order valence-electron chi connectivity index (χ4n) is 2.51. The third-order valence-electron chi connectivity index (χ3n) is 3.62. The Bertz CT molecular complexity index is 430. The van der Waals surface area contributed by atoms with Gasteiger partial charge in [-0.25, -0.2) is 0 Å². The molecule has 3 heteroatoms. The fraction of sp³-hybridized carbons (Fsp3) is 0.533. The zero-order valence-corrected chi connectivity index (χ0v) is 11.1. The number of carbonyl (C=O) groups excluding carboxylic acids is 1. The highest BCUT2D eigenvalue weighted by Crippen LogP contribution is 2.21. The first kappa shape index (κ1) is 13.1. The van der Waals surface area contributed by atoms with Crippen LogP contribution in [0.4, 0.5) is 0 Å². The van der Waals surface area contributed by atoms with Crippen LogP contribution in [0.1, 0.15) is 36.8 Å². The van der Waals surface area contributed by atoms with Crippen molar-refractivity contribution in [2.75, 3.05) is 13.1 Å². The molecule has 1 aliphatic heterocycles. The molecule has 98 valence electrons. The number of piperidine rings is 1. The van der Waals surface area contributed by atoms with Gasteiger partial charge in [-0.05, 0) is 32.3 Å². The number of likely N-dealkylation sites (tertiary alicyclic amines) is 1. The van der Waals surface area contributed by atoms with E-state index in [1.54, 1.807) is 4.90 Å². The number of hydrogen-bond donors (Lipinski definition) is 1. The average molecular weight is 247 g/mol. The number of nitrogens with zero attached hydrogens (tertiary/aromatic N) is 1. The van der Waals surface area contributed by atoms with Crippen LogP contribution in [0.25, 0.3) is 0 Å². The number of rotatable bonds is 2. The van der Waals surface area contributed by atoms with E-state index < -0.39 is 0 Å². The highest BCUT2D eigenvalue weighted by Gasteiger charge is 2.26. The van der Waals surface area contributed by atoms with Crippen molar-refractivity contribution in [3.8, 4) is 0 Å². The molecule has 1 fully saturated rings. The molecule has 0 saturated carbocycles. The van der Waals surface area contributed by atoms with Gasteiger partial charge in [0.05, 0.1) is 12.0 Å².